The molecule has 4 rings (SSSR count). The van der Waals surface area contributed by atoms with Crippen LogP contribution in [-0.4, -0.2) is 53.6 Å². The lowest BCUT2D eigenvalue weighted by Crippen LogP contribution is -2.34. The first-order chi connectivity index (χ1) is 16.0. The van der Waals surface area contributed by atoms with Crippen molar-refractivity contribution in [1.82, 2.24) is 14.8 Å². The van der Waals surface area contributed by atoms with Gasteiger partial charge in [0.2, 0.25) is 5.91 Å². The molecule has 2 aliphatic rings. The quantitative estimate of drug-likeness (QED) is 0.467. The molecular formula is C25H29BrN4O3. The molecule has 0 saturated carbocycles. The van der Waals surface area contributed by atoms with E-state index < -0.39 is 5.91 Å². The van der Waals surface area contributed by atoms with Crippen molar-refractivity contribution in [1.29, 1.82) is 5.26 Å². The Hall–Kier alpha value is -2.63. The first-order valence-electron chi connectivity index (χ1n) is 11.6. The summed E-state index contributed by atoms with van der Waals surface area (Å²) in [6.45, 7) is 2.96. The molecule has 2 aromatic rings. The summed E-state index contributed by atoms with van der Waals surface area (Å²) in [5.41, 5.74) is 1.66. The molecule has 1 aromatic heterocycles. The van der Waals surface area contributed by atoms with E-state index in [1.807, 2.05) is 39.9 Å². The van der Waals surface area contributed by atoms with E-state index in [9.17, 15) is 14.9 Å². The summed E-state index contributed by atoms with van der Waals surface area (Å²) in [7, 11) is 0. The molecule has 0 unspecified atom stereocenters. The molecule has 2 fully saturated rings. The Morgan fingerprint density at radius 3 is 2.70 bits per heavy atom. The molecule has 0 aliphatic carbocycles. The largest absolute Gasteiger partial charge is 0.376 e. The summed E-state index contributed by atoms with van der Waals surface area (Å²) in [4.78, 5) is 27.6. The lowest BCUT2D eigenvalue weighted by molar-refractivity contribution is -0.131. The van der Waals surface area contributed by atoms with Crippen molar-refractivity contribution in [2.75, 3.05) is 26.2 Å². The number of nitrogens with one attached hydrogen (secondary N) is 1. The van der Waals surface area contributed by atoms with Crippen molar-refractivity contribution in [3.05, 3.63) is 40.0 Å². The van der Waals surface area contributed by atoms with Crippen LogP contribution >= 0.6 is 15.9 Å². The minimum absolute atomic E-state index is 0.0109. The van der Waals surface area contributed by atoms with Gasteiger partial charge in [0, 0.05) is 53.4 Å². The summed E-state index contributed by atoms with van der Waals surface area (Å²) in [5.74, 6) is -0.313. The predicted molar refractivity (Wildman–Crippen MR) is 130 cm³/mol. The molecule has 2 amide bonds. The first-order valence-corrected chi connectivity index (χ1v) is 12.4. The second-order valence-corrected chi connectivity index (χ2v) is 9.60. The van der Waals surface area contributed by atoms with Gasteiger partial charge in [-0.3, -0.25) is 9.59 Å². The number of hydrogen-bond acceptors (Lipinski definition) is 4. The second-order valence-electron chi connectivity index (χ2n) is 8.68. The average Bonchev–Trinajstić information content (AvgIpc) is 3.34. The highest BCUT2D eigenvalue weighted by Gasteiger charge is 2.20. The van der Waals surface area contributed by atoms with Gasteiger partial charge in [-0.2, -0.15) is 5.26 Å². The third-order valence-electron chi connectivity index (χ3n) is 6.32. The van der Waals surface area contributed by atoms with Crippen LogP contribution in [0.25, 0.3) is 17.0 Å². The van der Waals surface area contributed by atoms with Crippen molar-refractivity contribution in [2.45, 2.75) is 51.2 Å². The highest BCUT2D eigenvalue weighted by Crippen LogP contribution is 2.27. The van der Waals surface area contributed by atoms with Crippen LogP contribution < -0.4 is 5.32 Å². The van der Waals surface area contributed by atoms with E-state index in [0.29, 0.717) is 13.2 Å². The molecule has 0 bridgehead atoms. The number of rotatable bonds is 6. The maximum atomic E-state index is 13.0. The Labute approximate surface area is 202 Å². The molecule has 3 heterocycles. The van der Waals surface area contributed by atoms with Crippen LogP contribution in [0.5, 0.6) is 0 Å². The van der Waals surface area contributed by atoms with E-state index in [0.717, 1.165) is 59.7 Å². The van der Waals surface area contributed by atoms with Gasteiger partial charge in [-0.1, -0.05) is 28.8 Å². The van der Waals surface area contributed by atoms with Crippen LogP contribution in [0.3, 0.4) is 0 Å². The number of halogens is 1. The van der Waals surface area contributed by atoms with E-state index in [1.165, 1.54) is 12.8 Å². The first kappa shape index (κ1) is 23.5. The van der Waals surface area contributed by atoms with E-state index in [4.69, 9.17) is 4.74 Å². The van der Waals surface area contributed by atoms with Crippen molar-refractivity contribution >= 4 is 44.7 Å². The summed E-state index contributed by atoms with van der Waals surface area (Å²) < 4.78 is 8.35. The number of carbonyl (C=O) groups is 2. The molecule has 1 atom stereocenters. The van der Waals surface area contributed by atoms with Crippen LogP contribution in [0.4, 0.5) is 0 Å². The molecule has 1 N–H and O–H groups in total. The van der Waals surface area contributed by atoms with Crippen molar-refractivity contribution in [2.24, 2.45) is 0 Å². The van der Waals surface area contributed by atoms with Gasteiger partial charge in [0.15, 0.2) is 0 Å². The molecule has 0 radical (unpaired) electrons. The number of nitriles is 1. The summed E-state index contributed by atoms with van der Waals surface area (Å²) in [5, 5.41) is 13.3. The number of aromatic nitrogens is 1. The van der Waals surface area contributed by atoms with E-state index in [1.54, 1.807) is 6.08 Å². The van der Waals surface area contributed by atoms with Gasteiger partial charge in [-0.25, -0.2) is 0 Å². The van der Waals surface area contributed by atoms with Crippen molar-refractivity contribution in [3.8, 4) is 6.07 Å². The molecule has 174 valence electrons. The topological polar surface area (TPSA) is 87.4 Å². The Balaban J connectivity index is 1.57. The predicted octanol–water partition coefficient (Wildman–Crippen LogP) is 4.01. The highest BCUT2D eigenvalue weighted by molar-refractivity contribution is 9.10. The fraction of sp³-hybridized carbons (Fsp3) is 0.480. The number of fused-ring (bicyclic) bond motifs is 1. The minimum atomic E-state index is -0.412. The minimum Gasteiger partial charge on any atom is -0.376 e. The Morgan fingerprint density at radius 1 is 1.21 bits per heavy atom. The van der Waals surface area contributed by atoms with Crippen LogP contribution in [0.15, 0.2) is 34.4 Å². The van der Waals surface area contributed by atoms with Gasteiger partial charge in [0.05, 0.1) is 6.10 Å². The van der Waals surface area contributed by atoms with Gasteiger partial charge in [-0.05, 0) is 50.0 Å². The van der Waals surface area contributed by atoms with Crippen LogP contribution in [0.1, 0.15) is 44.1 Å². The van der Waals surface area contributed by atoms with Gasteiger partial charge in [0.25, 0.3) is 5.91 Å². The Bertz CT molecular complexity index is 1090. The van der Waals surface area contributed by atoms with Gasteiger partial charge < -0.3 is 19.5 Å². The number of amides is 2. The van der Waals surface area contributed by atoms with Crippen molar-refractivity contribution in [3.63, 3.8) is 0 Å². The maximum Gasteiger partial charge on any atom is 0.262 e. The van der Waals surface area contributed by atoms with Crippen LogP contribution in [0.2, 0.25) is 0 Å². The molecular weight excluding hydrogens is 484 g/mol. The summed E-state index contributed by atoms with van der Waals surface area (Å²) in [6, 6.07) is 7.86. The smallest absolute Gasteiger partial charge is 0.262 e. The van der Waals surface area contributed by atoms with Gasteiger partial charge in [0.1, 0.15) is 18.2 Å². The SMILES string of the molecule is N#C/C(=C\c1cn(CC(=O)N2CCCCCC2)c2ccc(Br)cc12)C(=O)NC[C@H]1CCCO1. The number of carbonyl (C=O) groups excluding carboxylic acids is 2. The third-order valence-corrected chi connectivity index (χ3v) is 6.81. The number of likely N-dealkylation sites (tertiary alicyclic amines) is 1. The van der Waals surface area contributed by atoms with Crippen LogP contribution in [0, 0.1) is 11.3 Å². The lowest BCUT2D eigenvalue weighted by atomic mass is 10.1. The molecule has 8 heteroatoms. The number of nitrogens with zero attached hydrogens (tertiary/aromatic N) is 3. The van der Waals surface area contributed by atoms with Crippen molar-refractivity contribution < 1.29 is 14.3 Å². The zero-order valence-electron chi connectivity index (χ0n) is 18.7. The van der Waals surface area contributed by atoms with Gasteiger partial charge in [-0.15, -0.1) is 0 Å². The van der Waals surface area contributed by atoms with E-state index in [2.05, 4.69) is 21.2 Å². The van der Waals surface area contributed by atoms with Crippen LogP contribution in [-0.2, 0) is 20.9 Å². The number of hydrogen-bond donors (Lipinski definition) is 1. The average molecular weight is 513 g/mol. The molecule has 7 nitrogen and oxygen atoms in total. The maximum absolute atomic E-state index is 13.0. The highest BCUT2D eigenvalue weighted by atomic mass is 79.9. The monoisotopic (exact) mass is 512 g/mol. The third kappa shape index (κ3) is 5.84. The normalized spacial score (nSPS) is 19.3. The van der Waals surface area contributed by atoms with Gasteiger partial charge >= 0.3 is 0 Å². The molecule has 2 aliphatic heterocycles. The Morgan fingerprint density at radius 2 is 2.00 bits per heavy atom. The fourth-order valence-corrected chi connectivity index (χ4v) is 4.88. The summed E-state index contributed by atoms with van der Waals surface area (Å²) in [6.07, 6.45) is 9.82. The van der Waals surface area contributed by atoms with E-state index in [-0.39, 0.29) is 24.1 Å². The molecule has 2 saturated heterocycles. The zero-order chi connectivity index (χ0) is 23.2. The lowest BCUT2D eigenvalue weighted by Gasteiger charge is -2.20. The number of ether oxygens (including phenoxy) is 1. The standard InChI is InChI=1S/C25H29BrN4O3/c26-20-7-8-23-22(13-20)19(12-18(14-27)25(32)28-15-21-6-5-11-33-21)16-30(23)17-24(31)29-9-3-1-2-4-10-29/h7-8,12-13,16,21H,1-6,9-11,15,17H2,(H,28,32)/b18-12+/t21-/m1/s1. The second kappa shape index (κ2) is 11.0. The fourth-order valence-electron chi connectivity index (χ4n) is 4.52. The van der Waals surface area contributed by atoms with E-state index >= 15 is 0 Å². The summed E-state index contributed by atoms with van der Waals surface area (Å²) >= 11 is 3.51. The molecule has 33 heavy (non-hydrogen) atoms. The number of benzene rings is 1. The zero-order valence-corrected chi connectivity index (χ0v) is 20.3. The molecule has 1 aromatic carbocycles. The Kier molecular flexibility index (Phi) is 7.84. The molecule has 0 spiro atoms.